The maximum atomic E-state index is 6.09. The van der Waals surface area contributed by atoms with Crippen LogP contribution in [0.15, 0.2) is 61.2 Å². The van der Waals surface area contributed by atoms with Crippen molar-refractivity contribution in [1.82, 2.24) is 24.6 Å². The minimum absolute atomic E-state index is 0.507. The quantitative estimate of drug-likeness (QED) is 0.351. The fourth-order valence-corrected chi connectivity index (χ4v) is 4.37. The summed E-state index contributed by atoms with van der Waals surface area (Å²) in [6, 6.07) is 11.9. The van der Waals surface area contributed by atoms with Crippen LogP contribution < -0.4 is 14.8 Å². The van der Waals surface area contributed by atoms with Crippen molar-refractivity contribution < 1.29 is 14.2 Å². The van der Waals surface area contributed by atoms with E-state index in [9.17, 15) is 0 Å². The van der Waals surface area contributed by atoms with Gasteiger partial charge >= 0.3 is 0 Å². The highest BCUT2D eigenvalue weighted by molar-refractivity contribution is 5.84. The number of aromatic amines is 1. The molecule has 35 heavy (non-hydrogen) atoms. The Hall–Kier alpha value is -4.11. The zero-order chi connectivity index (χ0) is 23.6. The summed E-state index contributed by atoms with van der Waals surface area (Å²) in [6.45, 7) is 2.27. The maximum absolute atomic E-state index is 6.09. The third-order valence-corrected chi connectivity index (χ3v) is 6.35. The molecule has 178 valence electrons. The molecule has 5 aromatic rings. The largest absolute Gasteiger partial charge is 0.493 e. The molecule has 0 radical (unpaired) electrons. The van der Waals surface area contributed by atoms with Gasteiger partial charge in [0.25, 0.3) is 0 Å². The predicted molar refractivity (Wildman–Crippen MR) is 133 cm³/mol. The number of rotatable bonds is 7. The second-order valence-corrected chi connectivity index (χ2v) is 8.66. The number of aromatic nitrogens is 5. The molecule has 1 fully saturated rings. The summed E-state index contributed by atoms with van der Waals surface area (Å²) in [5.74, 6) is 2.55. The van der Waals surface area contributed by atoms with Crippen LogP contribution in [0.5, 0.6) is 11.5 Å². The van der Waals surface area contributed by atoms with Crippen molar-refractivity contribution in [2.75, 3.05) is 32.2 Å². The smallest absolute Gasteiger partial charge is 0.180 e. The van der Waals surface area contributed by atoms with E-state index in [1.165, 1.54) is 0 Å². The summed E-state index contributed by atoms with van der Waals surface area (Å²) < 4.78 is 19.1. The highest BCUT2D eigenvalue weighted by Crippen LogP contribution is 2.33. The van der Waals surface area contributed by atoms with Gasteiger partial charge in [-0.15, -0.1) is 0 Å². The van der Waals surface area contributed by atoms with Crippen molar-refractivity contribution in [1.29, 1.82) is 0 Å². The van der Waals surface area contributed by atoms with Gasteiger partial charge in [0, 0.05) is 54.5 Å². The summed E-state index contributed by atoms with van der Waals surface area (Å²) in [7, 11) is 1.65. The molecule has 0 bridgehead atoms. The summed E-state index contributed by atoms with van der Waals surface area (Å²) in [5, 5.41) is 11.6. The van der Waals surface area contributed by atoms with E-state index in [0.29, 0.717) is 24.1 Å². The van der Waals surface area contributed by atoms with E-state index in [4.69, 9.17) is 19.2 Å². The zero-order valence-electron chi connectivity index (χ0n) is 19.4. The zero-order valence-corrected chi connectivity index (χ0v) is 19.4. The van der Waals surface area contributed by atoms with Crippen molar-refractivity contribution in [3.8, 4) is 22.8 Å². The van der Waals surface area contributed by atoms with E-state index >= 15 is 0 Å². The minimum atomic E-state index is 0.507. The summed E-state index contributed by atoms with van der Waals surface area (Å²) in [4.78, 5) is 9.38. The molecule has 2 aromatic carbocycles. The second-order valence-electron chi connectivity index (χ2n) is 8.66. The fraction of sp³-hybridized carbons (Fsp3) is 0.269. The number of hydrogen-bond donors (Lipinski definition) is 2. The Bertz CT molecular complexity index is 1470. The molecule has 0 aliphatic carbocycles. The Morgan fingerprint density at radius 3 is 2.94 bits per heavy atom. The molecule has 1 aliphatic heterocycles. The molecule has 6 rings (SSSR count). The van der Waals surface area contributed by atoms with Gasteiger partial charge in [-0.3, -0.25) is 5.10 Å². The normalized spacial score (nSPS) is 14.4. The van der Waals surface area contributed by atoms with E-state index in [1.807, 2.05) is 59.4 Å². The maximum Gasteiger partial charge on any atom is 0.180 e. The van der Waals surface area contributed by atoms with Gasteiger partial charge in [0.05, 0.1) is 31.1 Å². The molecule has 0 spiro atoms. The third-order valence-electron chi connectivity index (χ3n) is 6.35. The number of imidazole rings is 1. The van der Waals surface area contributed by atoms with Crippen molar-refractivity contribution >= 4 is 28.1 Å². The van der Waals surface area contributed by atoms with Crippen LogP contribution in [0.2, 0.25) is 0 Å². The van der Waals surface area contributed by atoms with Gasteiger partial charge in [0.15, 0.2) is 23.0 Å². The predicted octanol–water partition coefficient (Wildman–Crippen LogP) is 4.83. The second kappa shape index (κ2) is 9.27. The molecule has 0 unspecified atom stereocenters. The first-order chi connectivity index (χ1) is 17.3. The van der Waals surface area contributed by atoms with Gasteiger partial charge in [-0.2, -0.15) is 5.10 Å². The fourth-order valence-electron chi connectivity index (χ4n) is 4.37. The molecule has 0 saturated carbocycles. The molecule has 4 heterocycles. The van der Waals surface area contributed by atoms with Crippen molar-refractivity contribution in [2.45, 2.75) is 12.8 Å². The first-order valence-electron chi connectivity index (χ1n) is 11.7. The Kier molecular flexibility index (Phi) is 5.67. The molecule has 1 aliphatic rings. The number of benzene rings is 2. The number of hydrogen-bond acceptors (Lipinski definition) is 7. The molecule has 2 N–H and O–H groups in total. The lowest BCUT2D eigenvalue weighted by atomic mass is 10.0. The van der Waals surface area contributed by atoms with Gasteiger partial charge in [0.1, 0.15) is 0 Å². The summed E-state index contributed by atoms with van der Waals surface area (Å²) >= 11 is 0. The van der Waals surface area contributed by atoms with Crippen LogP contribution in [0, 0.1) is 5.92 Å². The molecular formula is C26H26N6O3. The third kappa shape index (κ3) is 4.38. The highest BCUT2D eigenvalue weighted by Gasteiger charge is 2.16. The topological polar surface area (TPSA) is 98.6 Å². The monoisotopic (exact) mass is 470 g/mol. The first kappa shape index (κ1) is 21.4. The van der Waals surface area contributed by atoms with E-state index in [0.717, 1.165) is 65.3 Å². The van der Waals surface area contributed by atoms with Crippen molar-refractivity contribution in [3.63, 3.8) is 0 Å². The average Bonchev–Trinajstić information content (AvgIpc) is 3.57. The van der Waals surface area contributed by atoms with Crippen LogP contribution in [0.1, 0.15) is 12.8 Å². The van der Waals surface area contributed by atoms with E-state index in [2.05, 4.69) is 20.5 Å². The van der Waals surface area contributed by atoms with Gasteiger partial charge in [-0.25, -0.2) is 9.97 Å². The Labute approximate surface area is 202 Å². The highest BCUT2D eigenvalue weighted by atomic mass is 16.5. The van der Waals surface area contributed by atoms with Gasteiger partial charge in [-0.05, 0) is 37.0 Å². The SMILES string of the molecule is COc1cc(Nc2nc(-c3ccc4cn[nH]c4c3)cn3ccnc23)ccc1OCC1CCOCC1. The summed E-state index contributed by atoms with van der Waals surface area (Å²) in [5.41, 5.74) is 4.33. The molecular weight excluding hydrogens is 444 g/mol. The average molecular weight is 471 g/mol. The Balaban J connectivity index is 1.28. The number of anilines is 2. The van der Waals surface area contributed by atoms with Gasteiger partial charge in [-0.1, -0.05) is 12.1 Å². The summed E-state index contributed by atoms with van der Waals surface area (Å²) in [6.07, 6.45) is 9.50. The number of nitrogens with one attached hydrogen (secondary N) is 2. The van der Waals surface area contributed by atoms with Gasteiger partial charge in [0.2, 0.25) is 0 Å². The molecule has 0 atom stereocenters. The van der Waals surface area contributed by atoms with Crippen LogP contribution in [-0.2, 0) is 4.74 Å². The lowest BCUT2D eigenvalue weighted by Gasteiger charge is -2.22. The van der Waals surface area contributed by atoms with Crippen LogP contribution >= 0.6 is 0 Å². The standard InChI is InChI=1S/C26H26N6O3/c1-33-24-13-20(4-5-23(24)35-16-17-6-10-34-11-7-17)29-25-26-27-8-9-32(26)15-22(30-25)18-2-3-19-14-28-31-21(19)12-18/h2-5,8-9,12-15,17H,6-7,10-11,16H2,1H3,(H,28,31)(H,29,30). The van der Waals surface area contributed by atoms with Crippen LogP contribution in [0.25, 0.3) is 27.8 Å². The number of methoxy groups -OCH3 is 1. The Morgan fingerprint density at radius 1 is 1.14 bits per heavy atom. The molecule has 9 nitrogen and oxygen atoms in total. The molecule has 1 saturated heterocycles. The van der Waals surface area contributed by atoms with E-state index < -0.39 is 0 Å². The first-order valence-corrected chi connectivity index (χ1v) is 11.7. The molecule has 0 amide bonds. The van der Waals surface area contributed by atoms with Crippen molar-refractivity contribution in [3.05, 3.63) is 61.2 Å². The van der Waals surface area contributed by atoms with Crippen LogP contribution in [0.4, 0.5) is 11.5 Å². The van der Waals surface area contributed by atoms with E-state index in [-0.39, 0.29) is 0 Å². The lowest BCUT2D eigenvalue weighted by Crippen LogP contribution is -2.21. The number of fused-ring (bicyclic) bond motifs is 2. The van der Waals surface area contributed by atoms with Crippen molar-refractivity contribution in [2.24, 2.45) is 5.92 Å². The molecule has 9 heteroatoms. The molecule has 3 aromatic heterocycles. The minimum Gasteiger partial charge on any atom is -0.493 e. The number of nitrogens with zero attached hydrogens (tertiary/aromatic N) is 4. The van der Waals surface area contributed by atoms with E-state index in [1.54, 1.807) is 13.3 Å². The van der Waals surface area contributed by atoms with Crippen LogP contribution in [0.3, 0.4) is 0 Å². The van der Waals surface area contributed by atoms with Gasteiger partial charge < -0.3 is 23.9 Å². The lowest BCUT2D eigenvalue weighted by molar-refractivity contribution is 0.0493. The number of H-pyrrole nitrogens is 1. The number of ether oxygens (including phenoxy) is 3. The Morgan fingerprint density at radius 2 is 2.06 bits per heavy atom. The van der Waals surface area contributed by atoms with Crippen LogP contribution in [-0.4, -0.2) is 51.5 Å².